The molecule has 4 heteroatoms. The first kappa shape index (κ1) is 10.4. The minimum absolute atomic E-state index is 0.772. The molecule has 0 saturated heterocycles. The number of carboxylic acids is 1. The van der Waals surface area contributed by atoms with Crippen LogP contribution in [-0.2, 0) is 4.79 Å². The van der Waals surface area contributed by atoms with E-state index in [4.69, 9.17) is 10.2 Å². The van der Waals surface area contributed by atoms with Crippen LogP contribution in [0.15, 0.2) is 0 Å². The molecule has 1 atom stereocenters. The Morgan fingerprint density at radius 1 is 1.36 bits per heavy atom. The van der Waals surface area contributed by atoms with Crippen molar-refractivity contribution in [2.24, 2.45) is 5.41 Å². The molecule has 0 aliphatic heterocycles. The molecule has 0 aromatic rings. The van der Waals surface area contributed by atoms with Crippen molar-refractivity contribution in [3.05, 3.63) is 0 Å². The summed E-state index contributed by atoms with van der Waals surface area (Å²) in [5.41, 5.74) is -2.92. The van der Waals surface area contributed by atoms with E-state index in [9.17, 15) is 9.90 Å². The van der Waals surface area contributed by atoms with Crippen molar-refractivity contribution in [1.82, 2.24) is 0 Å². The molecule has 4 nitrogen and oxygen atoms in total. The van der Waals surface area contributed by atoms with Crippen LogP contribution in [0.5, 0.6) is 0 Å². The van der Waals surface area contributed by atoms with Crippen molar-refractivity contribution in [2.45, 2.75) is 26.4 Å². The van der Waals surface area contributed by atoms with Gasteiger partial charge in [0, 0.05) is 5.41 Å². The number of aliphatic hydroxyl groups excluding tert-OH is 1. The molecule has 1 unspecified atom stereocenters. The fourth-order valence-electron chi connectivity index (χ4n) is 0.626. The molecule has 66 valence electrons. The first-order chi connectivity index (χ1) is 4.75. The van der Waals surface area contributed by atoms with Crippen LogP contribution in [0.3, 0.4) is 0 Å². The van der Waals surface area contributed by atoms with E-state index < -0.39 is 23.6 Å². The molecule has 0 fully saturated rings. The van der Waals surface area contributed by atoms with Gasteiger partial charge in [0.05, 0.1) is 6.61 Å². The van der Waals surface area contributed by atoms with Crippen molar-refractivity contribution in [3.8, 4) is 0 Å². The van der Waals surface area contributed by atoms with Gasteiger partial charge in [-0.1, -0.05) is 20.8 Å². The molecule has 0 aromatic heterocycles. The fraction of sp³-hybridized carbons (Fsp3) is 0.857. The van der Waals surface area contributed by atoms with Crippen molar-refractivity contribution in [3.63, 3.8) is 0 Å². The average molecular weight is 162 g/mol. The summed E-state index contributed by atoms with van der Waals surface area (Å²) in [7, 11) is 0. The van der Waals surface area contributed by atoms with Crippen LogP contribution in [-0.4, -0.2) is 33.5 Å². The molecule has 0 aliphatic rings. The normalized spacial score (nSPS) is 17.5. The molecule has 3 N–H and O–H groups in total. The summed E-state index contributed by atoms with van der Waals surface area (Å²) in [6.45, 7) is 3.89. The van der Waals surface area contributed by atoms with Crippen LogP contribution in [0.2, 0.25) is 0 Å². The highest BCUT2D eigenvalue weighted by Crippen LogP contribution is 2.29. The fourth-order valence-corrected chi connectivity index (χ4v) is 0.626. The van der Waals surface area contributed by atoms with Crippen molar-refractivity contribution < 1.29 is 20.1 Å². The van der Waals surface area contributed by atoms with E-state index in [1.165, 1.54) is 0 Å². The van der Waals surface area contributed by atoms with E-state index in [0.717, 1.165) is 0 Å². The van der Waals surface area contributed by atoms with Gasteiger partial charge in [-0.05, 0) is 0 Å². The molecule has 0 radical (unpaired) electrons. The second kappa shape index (κ2) is 2.79. The Morgan fingerprint density at radius 3 is 1.73 bits per heavy atom. The third kappa shape index (κ3) is 1.70. The minimum atomic E-state index is -2.05. The second-order valence-electron chi connectivity index (χ2n) is 3.57. The lowest BCUT2D eigenvalue weighted by Crippen LogP contribution is -2.53. The minimum Gasteiger partial charge on any atom is -0.479 e. The molecule has 0 amide bonds. The highest BCUT2D eigenvalue weighted by atomic mass is 16.4. The average Bonchev–Trinajstić information content (AvgIpc) is 1.83. The number of aliphatic hydroxyl groups is 2. The maximum atomic E-state index is 10.5. The van der Waals surface area contributed by atoms with Gasteiger partial charge in [-0.25, -0.2) is 4.79 Å². The zero-order chi connectivity index (χ0) is 9.28. The first-order valence-corrected chi connectivity index (χ1v) is 3.32. The van der Waals surface area contributed by atoms with E-state index in [2.05, 4.69) is 0 Å². The lowest BCUT2D eigenvalue weighted by atomic mass is 9.77. The molecule has 0 saturated carbocycles. The van der Waals surface area contributed by atoms with Gasteiger partial charge >= 0.3 is 5.97 Å². The SMILES string of the molecule is CC(C)(C)C(O)(CO)C(=O)O. The summed E-state index contributed by atoms with van der Waals surface area (Å²) < 4.78 is 0. The summed E-state index contributed by atoms with van der Waals surface area (Å²) >= 11 is 0. The Labute approximate surface area is 65.5 Å². The maximum Gasteiger partial charge on any atom is 0.338 e. The van der Waals surface area contributed by atoms with E-state index in [1.54, 1.807) is 20.8 Å². The van der Waals surface area contributed by atoms with Crippen LogP contribution >= 0.6 is 0 Å². The highest BCUT2D eigenvalue weighted by Gasteiger charge is 2.46. The molecular weight excluding hydrogens is 148 g/mol. The largest absolute Gasteiger partial charge is 0.479 e. The highest BCUT2D eigenvalue weighted by molar-refractivity contribution is 5.78. The van der Waals surface area contributed by atoms with Gasteiger partial charge in [-0.15, -0.1) is 0 Å². The topological polar surface area (TPSA) is 77.8 Å². The molecular formula is C7H14O4. The number of hydrogen-bond acceptors (Lipinski definition) is 3. The third-order valence-electron chi connectivity index (χ3n) is 1.82. The van der Waals surface area contributed by atoms with Gasteiger partial charge in [0.2, 0.25) is 0 Å². The van der Waals surface area contributed by atoms with Gasteiger partial charge in [0.1, 0.15) is 0 Å². The zero-order valence-electron chi connectivity index (χ0n) is 6.96. The third-order valence-corrected chi connectivity index (χ3v) is 1.82. The number of carbonyl (C=O) groups is 1. The maximum absolute atomic E-state index is 10.5. The molecule has 11 heavy (non-hydrogen) atoms. The lowest BCUT2D eigenvalue weighted by molar-refractivity contribution is -0.178. The van der Waals surface area contributed by atoms with Crippen molar-refractivity contribution >= 4 is 5.97 Å². The predicted molar refractivity (Wildman–Crippen MR) is 39.1 cm³/mol. The predicted octanol–water partition coefficient (Wildman–Crippen LogP) is -0.160. The second-order valence-corrected chi connectivity index (χ2v) is 3.57. The summed E-state index contributed by atoms with van der Waals surface area (Å²) in [6, 6.07) is 0. The van der Waals surface area contributed by atoms with Crippen LogP contribution < -0.4 is 0 Å². The molecule has 0 aromatic carbocycles. The summed E-state index contributed by atoms with van der Waals surface area (Å²) in [4.78, 5) is 10.5. The quantitative estimate of drug-likeness (QED) is 0.527. The Balaban J connectivity index is 4.75. The summed E-state index contributed by atoms with van der Waals surface area (Å²) in [5, 5.41) is 26.6. The standard InChI is InChI=1S/C7H14O4/c1-6(2,3)7(11,4-8)5(9)10/h8,11H,4H2,1-3H3,(H,9,10). The molecule has 0 bridgehead atoms. The van der Waals surface area contributed by atoms with Gasteiger partial charge in [0.25, 0.3) is 0 Å². The van der Waals surface area contributed by atoms with Crippen LogP contribution in [0.4, 0.5) is 0 Å². The molecule has 0 rings (SSSR count). The number of aliphatic carboxylic acids is 1. The van der Waals surface area contributed by atoms with Crippen molar-refractivity contribution in [2.75, 3.05) is 6.61 Å². The van der Waals surface area contributed by atoms with E-state index in [-0.39, 0.29) is 0 Å². The monoisotopic (exact) mass is 162 g/mol. The van der Waals surface area contributed by atoms with Gasteiger partial charge in [0.15, 0.2) is 5.60 Å². The van der Waals surface area contributed by atoms with Crippen LogP contribution in [0.1, 0.15) is 20.8 Å². The molecule has 0 heterocycles. The zero-order valence-corrected chi connectivity index (χ0v) is 6.96. The summed E-state index contributed by atoms with van der Waals surface area (Å²) in [6.07, 6.45) is 0. The van der Waals surface area contributed by atoms with E-state index >= 15 is 0 Å². The number of carboxylic acid groups (broad SMARTS) is 1. The Bertz CT molecular complexity index is 158. The first-order valence-electron chi connectivity index (χ1n) is 3.32. The van der Waals surface area contributed by atoms with E-state index in [0.29, 0.717) is 0 Å². The number of rotatable bonds is 2. The van der Waals surface area contributed by atoms with Crippen LogP contribution in [0, 0.1) is 5.41 Å². The van der Waals surface area contributed by atoms with Gasteiger partial charge in [-0.2, -0.15) is 0 Å². The number of hydrogen-bond donors (Lipinski definition) is 3. The summed E-state index contributed by atoms with van der Waals surface area (Å²) in [5.74, 6) is -1.40. The van der Waals surface area contributed by atoms with Gasteiger partial charge in [-0.3, -0.25) is 0 Å². The van der Waals surface area contributed by atoms with Gasteiger partial charge < -0.3 is 15.3 Å². The smallest absolute Gasteiger partial charge is 0.338 e. The lowest BCUT2D eigenvalue weighted by Gasteiger charge is -2.34. The Kier molecular flexibility index (Phi) is 2.64. The van der Waals surface area contributed by atoms with Crippen molar-refractivity contribution in [1.29, 1.82) is 0 Å². The Morgan fingerprint density at radius 2 is 1.73 bits per heavy atom. The Hall–Kier alpha value is -0.610. The van der Waals surface area contributed by atoms with E-state index in [1.807, 2.05) is 0 Å². The molecule has 0 spiro atoms. The molecule has 0 aliphatic carbocycles. The van der Waals surface area contributed by atoms with Crippen LogP contribution in [0.25, 0.3) is 0 Å².